The summed E-state index contributed by atoms with van der Waals surface area (Å²) >= 11 is 1.82. The predicted octanol–water partition coefficient (Wildman–Crippen LogP) is 2.99. The molecule has 0 saturated heterocycles. The van der Waals surface area contributed by atoms with E-state index in [1.54, 1.807) is 0 Å². The van der Waals surface area contributed by atoms with Gasteiger partial charge in [-0.1, -0.05) is 39.0 Å². The van der Waals surface area contributed by atoms with E-state index in [0.29, 0.717) is 13.0 Å². The van der Waals surface area contributed by atoms with Gasteiger partial charge in [-0.2, -0.15) is 11.8 Å². The highest BCUT2D eigenvalue weighted by molar-refractivity contribution is 8.00. The number of unbranched alkanes of at least 4 members (excludes halogenated alkanes) is 1. The Bertz CT molecular complexity index is 344. The average Bonchev–Trinajstić information content (AvgIpc) is 2.50. The number of rotatable bonds is 8. The molecule has 0 bridgehead atoms. The second-order valence-electron chi connectivity index (χ2n) is 5.81. The van der Waals surface area contributed by atoms with Crippen LogP contribution in [-0.4, -0.2) is 40.7 Å². The maximum Gasteiger partial charge on any atom is 0.326 e. The van der Waals surface area contributed by atoms with Crippen LogP contribution in [0.1, 0.15) is 58.3 Å². The van der Waals surface area contributed by atoms with Crippen LogP contribution in [0.3, 0.4) is 0 Å². The maximum atomic E-state index is 11.9. The van der Waals surface area contributed by atoms with E-state index in [-0.39, 0.29) is 10.8 Å². The van der Waals surface area contributed by atoms with Crippen LogP contribution in [0.4, 0.5) is 4.79 Å². The normalized spacial score (nSPS) is 18.8. The smallest absolute Gasteiger partial charge is 0.326 e. The summed E-state index contributed by atoms with van der Waals surface area (Å²) < 4.78 is 0.123. The topological polar surface area (TPSA) is 78.4 Å². The number of urea groups is 1. The first-order valence-electron chi connectivity index (χ1n) is 7.85. The zero-order valence-corrected chi connectivity index (χ0v) is 13.9. The van der Waals surface area contributed by atoms with Crippen molar-refractivity contribution >= 4 is 23.8 Å². The Balaban J connectivity index is 2.42. The molecular formula is C15H28N2O3S. The number of carbonyl (C=O) groups excluding carboxylic acids is 1. The van der Waals surface area contributed by atoms with Gasteiger partial charge in [0.1, 0.15) is 6.04 Å². The summed E-state index contributed by atoms with van der Waals surface area (Å²) in [5.74, 6) is -0.962. The monoisotopic (exact) mass is 316 g/mol. The van der Waals surface area contributed by atoms with E-state index in [9.17, 15) is 9.59 Å². The molecule has 0 aromatic rings. The molecule has 21 heavy (non-hydrogen) atoms. The van der Waals surface area contributed by atoms with Crippen LogP contribution in [0.25, 0.3) is 0 Å². The van der Waals surface area contributed by atoms with E-state index < -0.39 is 12.0 Å². The summed E-state index contributed by atoms with van der Waals surface area (Å²) in [4.78, 5) is 23.0. The SMILES string of the molecule is CCCCC(NC(=O)NCC1(SC)CCCCC1)C(=O)O. The summed E-state index contributed by atoms with van der Waals surface area (Å²) in [6.45, 7) is 2.62. The van der Waals surface area contributed by atoms with Gasteiger partial charge in [0.05, 0.1) is 0 Å². The molecule has 122 valence electrons. The molecule has 0 spiro atoms. The van der Waals surface area contributed by atoms with Crippen molar-refractivity contribution < 1.29 is 14.7 Å². The molecule has 1 fully saturated rings. The number of carboxylic acid groups (broad SMARTS) is 1. The van der Waals surface area contributed by atoms with Gasteiger partial charge in [-0.25, -0.2) is 9.59 Å². The Labute approximate surface area is 131 Å². The molecule has 1 unspecified atom stereocenters. The number of nitrogens with one attached hydrogen (secondary N) is 2. The van der Waals surface area contributed by atoms with Crippen molar-refractivity contribution in [3.05, 3.63) is 0 Å². The van der Waals surface area contributed by atoms with Gasteiger partial charge in [0, 0.05) is 11.3 Å². The van der Waals surface area contributed by atoms with Crippen LogP contribution in [0.15, 0.2) is 0 Å². The molecule has 0 aliphatic heterocycles. The van der Waals surface area contributed by atoms with E-state index in [0.717, 1.165) is 25.7 Å². The van der Waals surface area contributed by atoms with Gasteiger partial charge in [-0.3, -0.25) is 0 Å². The first-order valence-corrected chi connectivity index (χ1v) is 9.08. The number of aliphatic carboxylic acids is 1. The molecule has 3 N–H and O–H groups in total. The molecule has 1 rings (SSSR count). The quantitative estimate of drug-likeness (QED) is 0.643. The molecule has 0 aromatic heterocycles. The second kappa shape index (κ2) is 9.18. The largest absolute Gasteiger partial charge is 0.480 e. The average molecular weight is 316 g/mol. The molecule has 1 atom stereocenters. The molecular weight excluding hydrogens is 288 g/mol. The van der Waals surface area contributed by atoms with Crippen molar-refractivity contribution in [1.82, 2.24) is 10.6 Å². The van der Waals surface area contributed by atoms with Crippen molar-refractivity contribution in [2.75, 3.05) is 12.8 Å². The summed E-state index contributed by atoms with van der Waals surface area (Å²) in [7, 11) is 0. The van der Waals surface area contributed by atoms with Crippen molar-refractivity contribution in [2.24, 2.45) is 0 Å². The van der Waals surface area contributed by atoms with Crippen molar-refractivity contribution in [1.29, 1.82) is 0 Å². The van der Waals surface area contributed by atoms with Crippen LogP contribution in [-0.2, 0) is 4.79 Å². The van der Waals surface area contributed by atoms with Crippen LogP contribution in [0, 0.1) is 0 Å². The van der Waals surface area contributed by atoms with Crippen molar-refractivity contribution in [2.45, 2.75) is 69.1 Å². The van der Waals surface area contributed by atoms with Gasteiger partial charge < -0.3 is 15.7 Å². The first kappa shape index (κ1) is 18.1. The Morgan fingerprint density at radius 3 is 2.48 bits per heavy atom. The Hall–Kier alpha value is -0.910. The zero-order valence-electron chi connectivity index (χ0n) is 13.1. The minimum atomic E-state index is -0.962. The molecule has 1 saturated carbocycles. The van der Waals surface area contributed by atoms with Crippen molar-refractivity contribution in [3.63, 3.8) is 0 Å². The fourth-order valence-electron chi connectivity index (χ4n) is 2.77. The highest BCUT2D eigenvalue weighted by Crippen LogP contribution is 2.37. The maximum absolute atomic E-state index is 11.9. The number of carbonyl (C=O) groups is 2. The third-order valence-electron chi connectivity index (χ3n) is 4.22. The minimum Gasteiger partial charge on any atom is -0.480 e. The molecule has 1 aliphatic rings. The lowest BCUT2D eigenvalue weighted by molar-refractivity contribution is -0.139. The third kappa shape index (κ3) is 6.16. The lowest BCUT2D eigenvalue weighted by Gasteiger charge is -2.35. The van der Waals surface area contributed by atoms with Crippen LogP contribution in [0.5, 0.6) is 0 Å². The van der Waals surface area contributed by atoms with E-state index in [2.05, 4.69) is 16.9 Å². The van der Waals surface area contributed by atoms with Crippen LogP contribution in [0.2, 0.25) is 0 Å². The van der Waals surface area contributed by atoms with Crippen LogP contribution >= 0.6 is 11.8 Å². The summed E-state index contributed by atoms with van der Waals surface area (Å²) in [6, 6.07) is -1.15. The fourth-order valence-corrected chi connectivity index (χ4v) is 3.68. The number of thioether (sulfide) groups is 1. The lowest BCUT2D eigenvalue weighted by atomic mass is 9.88. The third-order valence-corrected chi connectivity index (χ3v) is 5.64. The van der Waals surface area contributed by atoms with E-state index >= 15 is 0 Å². The molecule has 0 aromatic carbocycles. The number of hydrogen-bond acceptors (Lipinski definition) is 3. The van der Waals surface area contributed by atoms with Crippen LogP contribution < -0.4 is 10.6 Å². The summed E-state index contributed by atoms with van der Waals surface area (Å²) in [6.07, 6.45) is 10.2. The fraction of sp³-hybridized carbons (Fsp3) is 0.867. The van der Waals surface area contributed by atoms with Gasteiger partial charge in [0.2, 0.25) is 0 Å². The van der Waals surface area contributed by atoms with Gasteiger partial charge in [0.15, 0.2) is 0 Å². The lowest BCUT2D eigenvalue weighted by Crippen LogP contribution is -2.50. The standard InChI is InChI=1S/C15H28N2O3S/c1-3-4-8-12(13(18)19)17-14(20)16-11-15(21-2)9-6-5-7-10-15/h12H,3-11H2,1-2H3,(H,18,19)(H2,16,17,20). The van der Waals surface area contributed by atoms with Gasteiger partial charge in [0.25, 0.3) is 0 Å². The predicted molar refractivity (Wildman–Crippen MR) is 86.8 cm³/mol. The first-order chi connectivity index (χ1) is 10.0. The Morgan fingerprint density at radius 1 is 1.29 bits per heavy atom. The van der Waals surface area contributed by atoms with Gasteiger partial charge in [-0.05, 0) is 25.5 Å². The molecule has 5 nitrogen and oxygen atoms in total. The van der Waals surface area contributed by atoms with E-state index in [4.69, 9.17) is 5.11 Å². The Morgan fingerprint density at radius 2 is 1.95 bits per heavy atom. The highest BCUT2D eigenvalue weighted by Gasteiger charge is 2.31. The van der Waals surface area contributed by atoms with Crippen molar-refractivity contribution in [3.8, 4) is 0 Å². The van der Waals surface area contributed by atoms with Gasteiger partial charge >= 0.3 is 12.0 Å². The second-order valence-corrected chi connectivity index (χ2v) is 7.08. The van der Waals surface area contributed by atoms with E-state index in [1.165, 1.54) is 19.3 Å². The molecule has 0 heterocycles. The molecule has 1 aliphatic carbocycles. The Kier molecular flexibility index (Phi) is 7.93. The molecule has 0 radical (unpaired) electrons. The summed E-state index contributed by atoms with van der Waals surface area (Å²) in [5, 5.41) is 14.6. The van der Waals surface area contributed by atoms with E-state index in [1.807, 2.05) is 18.7 Å². The summed E-state index contributed by atoms with van der Waals surface area (Å²) in [5.41, 5.74) is 0. The number of hydrogen-bond donors (Lipinski definition) is 3. The number of amides is 2. The molecule has 6 heteroatoms. The van der Waals surface area contributed by atoms with Gasteiger partial charge in [-0.15, -0.1) is 0 Å². The number of carboxylic acids is 1. The molecule has 2 amide bonds. The minimum absolute atomic E-state index is 0.123. The zero-order chi connectivity index (χ0) is 15.7. The highest BCUT2D eigenvalue weighted by atomic mass is 32.2.